The Hall–Kier alpha value is -1.98. The normalized spacial score (nSPS) is 11.4. The second-order valence-electron chi connectivity index (χ2n) is 6.32. The fourth-order valence-electron chi connectivity index (χ4n) is 2.55. The SMILES string of the molecule is Cc1cc(OC(=O)COC(=O)c2ccc(I)cc2)cc(C(C)C)c1S(=O)(=O)[O-]. The molecule has 0 unspecified atom stereocenters. The van der Waals surface area contributed by atoms with Crippen molar-refractivity contribution < 1.29 is 32.0 Å². The Labute approximate surface area is 176 Å². The lowest BCUT2D eigenvalue weighted by Gasteiger charge is -2.19. The summed E-state index contributed by atoms with van der Waals surface area (Å²) in [5.41, 5.74) is 0.740. The Balaban J connectivity index is 2.11. The summed E-state index contributed by atoms with van der Waals surface area (Å²) in [6, 6.07) is 9.25. The van der Waals surface area contributed by atoms with Gasteiger partial charge in [0, 0.05) is 3.57 Å². The molecule has 2 aromatic rings. The van der Waals surface area contributed by atoms with Gasteiger partial charge < -0.3 is 14.0 Å². The molecule has 0 radical (unpaired) electrons. The van der Waals surface area contributed by atoms with E-state index in [2.05, 4.69) is 22.6 Å². The van der Waals surface area contributed by atoms with Crippen molar-refractivity contribution >= 4 is 44.6 Å². The molecule has 0 spiro atoms. The van der Waals surface area contributed by atoms with Gasteiger partial charge in [0.25, 0.3) is 0 Å². The smallest absolute Gasteiger partial charge is 0.349 e. The molecule has 2 aromatic carbocycles. The number of ether oxygens (including phenoxy) is 2. The molecule has 0 aliphatic rings. The number of aryl methyl sites for hydroxylation is 1. The maximum absolute atomic E-state index is 12.0. The van der Waals surface area contributed by atoms with E-state index in [-0.39, 0.29) is 27.7 Å². The molecule has 150 valence electrons. The standard InChI is InChI=1S/C19H19IO7S/c1-11(2)16-9-15(8-12(3)18(16)28(23,24)25)27-17(21)10-26-19(22)13-4-6-14(20)7-5-13/h4-9,11H,10H2,1-3H3,(H,23,24,25)/p-1. The Morgan fingerprint density at radius 1 is 1.14 bits per heavy atom. The van der Waals surface area contributed by atoms with Gasteiger partial charge in [0.2, 0.25) is 0 Å². The first-order valence-corrected chi connectivity index (χ1v) is 10.7. The zero-order chi connectivity index (χ0) is 21.1. The van der Waals surface area contributed by atoms with Gasteiger partial charge in [-0.05, 0) is 83.0 Å². The van der Waals surface area contributed by atoms with Gasteiger partial charge in [-0.25, -0.2) is 18.0 Å². The van der Waals surface area contributed by atoms with Crippen molar-refractivity contribution in [1.29, 1.82) is 0 Å². The number of carbonyl (C=O) groups is 2. The minimum Gasteiger partial charge on any atom is -0.744 e. The van der Waals surface area contributed by atoms with Crippen LogP contribution in [0.5, 0.6) is 5.75 Å². The molecular formula is C19H18IO7S-. The van der Waals surface area contributed by atoms with E-state index in [1.807, 2.05) is 0 Å². The number of hydrogen-bond acceptors (Lipinski definition) is 7. The lowest BCUT2D eigenvalue weighted by atomic mass is 10.0. The van der Waals surface area contributed by atoms with Gasteiger partial charge in [0.05, 0.1) is 10.5 Å². The Morgan fingerprint density at radius 3 is 2.29 bits per heavy atom. The highest BCUT2D eigenvalue weighted by Gasteiger charge is 2.19. The Morgan fingerprint density at radius 2 is 1.75 bits per heavy atom. The van der Waals surface area contributed by atoms with Crippen molar-refractivity contribution in [1.82, 2.24) is 0 Å². The molecule has 0 amide bonds. The van der Waals surface area contributed by atoms with Gasteiger partial charge in [-0.3, -0.25) is 0 Å². The highest BCUT2D eigenvalue weighted by atomic mass is 127. The lowest BCUT2D eigenvalue weighted by Crippen LogP contribution is -2.19. The monoisotopic (exact) mass is 517 g/mol. The van der Waals surface area contributed by atoms with Crippen LogP contribution in [0.2, 0.25) is 0 Å². The van der Waals surface area contributed by atoms with Gasteiger partial charge in [-0.2, -0.15) is 0 Å². The summed E-state index contributed by atoms with van der Waals surface area (Å²) < 4.78 is 45.6. The third-order valence-corrected chi connectivity index (χ3v) is 5.56. The van der Waals surface area contributed by atoms with E-state index < -0.39 is 28.7 Å². The molecule has 28 heavy (non-hydrogen) atoms. The van der Waals surface area contributed by atoms with Crippen molar-refractivity contribution in [3.63, 3.8) is 0 Å². The van der Waals surface area contributed by atoms with Crippen LogP contribution in [0.4, 0.5) is 0 Å². The minimum absolute atomic E-state index is 0.0731. The van der Waals surface area contributed by atoms with E-state index in [0.717, 1.165) is 3.57 Å². The van der Waals surface area contributed by atoms with Gasteiger partial charge in [0.1, 0.15) is 15.9 Å². The third-order valence-electron chi connectivity index (χ3n) is 3.78. The number of rotatable bonds is 6. The average Bonchev–Trinajstić information content (AvgIpc) is 2.58. The van der Waals surface area contributed by atoms with E-state index >= 15 is 0 Å². The van der Waals surface area contributed by atoms with Crippen LogP contribution in [-0.2, 0) is 19.6 Å². The molecule has 0 bridgehead atoms. The van der Waals surface area contributed by atoms with Crippen LogP contribution in [0.1, 0.15) is 41.3 Å². The lowest BCUT2D eigenvalue weighted by molar-refractivity contribution is -0.137. The van der Waals surface area contributed by atoms with E-state index in [1.54, 1.807) is 38.1 Å². The first kappa shape index (κ1) is 22.3. The van der Waals surface area contributed by atoms with Crippen molar-refractivity contribution in [2.45, 2.75) is 31.6 Å². The van der Waals surface area contributed by atoms with Crippen molar-refractivity contribution in [2.75, 3.05) is 6.61 Å². The Kier molecular flexibility index (Phi) is 7.18. The van der Waals surface area contributed by atoms with Gasteiger partial charge in [-0.15, -0.1) is 0 Å². The molecule has 0 atom stereocenters. The van der Waals surface area contributed by atoms with Crippen LogP contribution < -0.4 is 4.74 Å². The molecule has 0 saturated carbocycles. The first-order chi connectivity index (χ1) is 13.0. The second-order valence-corrected chi connectivity index (χ2v) is 8.89. The molecule has 0 N–H and O–H groups in total. The van der Waals surface area contributed by atoms with Gasteiger partial charge in [0.15, 0.2) is 6.61 Å². The summed E-state index contributed by atoms with van der Waals surface area (Å²) in [5.74, 6) is -1.70. The van der Waals surface area contributed by atoms with Gasteiger partial charge in [-0.1, -0.05) is 13.8 Å². The van der Waals surface area contributed by atoms with Crippen molar-refractivity contribution in [3.8, 4) is 5.75 Å². The van der Waals surface area contributed by atoms with Crippen LogP contribution in [0, 0.1) is 10.5 Å². The third kappa shape index (κ3) is 5.76. The summed E-state index contributed by atoms with van der Waals surface area (Å²) in [4.78, 5) is 23.6. The van der Waals surface area contributed by atoms with E-state index in [4.69, 9.17) is 9.47 Å². The number of halogens is 1. The molecule has 0 fully saturated rings. The van der Waals surface area contributed by atoms with Gasteiger partial charge >= 0.3 is 11.9 Å². The molecule has 0 aliphatic heterocycles. The number of hydrogen-bond donors (Lipinski definition) is 0. The molecule has 0 saturated heterocycles. The van der Waals surface area contributed by atoms with Crippen molar-refractivity contribution in [2.24, 2.45) is 0 Å². The zero-order valence-corrected chi connectivity index (χ0v) is 18.4. The summed E-state index contributed by atoms with van der Waals surface area (Å²) in [6.07, 6.45) is 0. The zero-order valence-electron chi connectivity index (χ0n) is 15.4. The predicted octanol–water partition coefficient (Wildman–Crippen LogP) is 3.39. The Bertz CT molecular complexity index is 996. The van der Waals surface area contributed by atoms with Crippen molar-refractivity contribution in [3.05, 3.63) is 56.7 Å². The first-order valence-electron chi connectivity index (χ1n) is 8.23. The highest BCUT2D eigenvalue weighted by molar-refractivity contribution is 14.1. The minimum atomic E-state index is -4.67. The molecule has 7 nitrogen and oxygen atoms in total. The summed E-state index contributed by atoms with van der Waals surface area (Å²) >= 11 is 2.10. The maximum atomic E-state index is 12.0. The maximum Gasteiger partial charge on any atom is 0.349 e. The predicted molar refractivity (Wildman–Crippen MR) is 108 cm³/mol. The molecule has 9 heteroatoms. The highest BCUT2D eigenvalue weighted by Crippen LogP contribution is 2.31. The van der Waals surface area contributed by atoms with Crippen LogP contribution in [0.15, 0.2) is 41.3 Å². The summed E-state index contributed by atoms with van der Waals surface area (Å²) in [7, 11) is -4.67. The molecule has 0 aromatic heterocycles. The topological polar surface area (TPSA) is 110 Å². The van der Waals surface area contributed by atoms with E-state index in [0.29, 0.717) is 5.56 Å². The molecule has 0 aliphatic carbocycles. The van der Waals surface area contributed by atoms with Crippen LogP contribution >= 0.6 is 22.6 Å². The van der Waals surface area contributed by atoms with Crippen LogP contribution in [0.3, 0.4) is 0 Å². The summed E-state index contributed by atoms with van der Waals surface area (Å²) in [5, 5.41) is 0. The number of carbonyl (C=O) groups excluding carboxylic acids is 2. The van der Waals surface area contributed by atoms with Crippen LogP contribution in [-0.4, -0.2) is 31.5 Å². The molecule has 2 rings (SSSR count). The number of esters is 2. The second kappa shape index (κ2) is 9.01. The number of benzene rings is 2. The summed E-state index contributed by atoms with van der Waals surface area (Å²) in [6.45, 7) is 4.28. The fourth-order valence-corrected chi connectivity index (χ4v) is 3.95. The van der Waals surface area contributed by atoms with Crippen LogP contribution in [0.25, 0.3) is 0 Å². The molecule has 0 heterocycles. The fraction of sp³-hybridized carbons (Fsp3) is 0.263. The van der Waals surface area contributed by atoms with E-state index in [1.165, 1.54) is 19.1 Å². The quantitative estimate of drug-likeness (QED) is 0.250. The molecular weight excluding hydrogens is 499 g/mol. The van der Waals surface area contributed by atoms with E-state index in [9.17, 15) is 22.6 Å². The average molecular weight is 517 g/mol. The largest absolute Gasteiger partial charge is 0.744 e.